The second-order valence-corrected chi connectivity index (χ2v) is 10.6. The van der Waals surface area contributed by atoms with Gasteiger partial charge in [-0.15, -0.1) is 0 Å². The third kappa shape index (κ3) is 3.64. The number of hydrogen-bond donors (Lipinski definition) is 4. The molecule has 6 rings (SSSR count). The SMILES string of the molecule is CC1(C)CN(C(=O)c2cc(N3CCC4(CC3)NC(=O)Nc3ccccc34)[nH]c(=O)c2)Cc2cn[nH]c21. The molecule has 4 N–H and O–H groups in total. The summed E-state index contributed by atoms with van der Waals surface area (Å²) in [5.41, 5.74) is 3.30. The summed E-state index contributed by atoms with van der Waals surface area (Å²) in [7, 11) is 0. The number of para-hydroxylation sites is 1. The van der Waals surface area contributed by atoms with Gasteiger partial charge in [-0.1, -0.05) is 32.0 Å². The lowest BCUT2D eigenvalue weighted by atomic mass is 9.79. The first-order valence-corrected chi connectivity index (χ1v) is 12.2. The lowest BCUT2D eigenvalue weighted by Crippen LogP contribution is -2.57. The van der Waals surface area contributed by atoms with Gasteiger partial charge in [-0.05, 0) is 25.0 Å². The molecule has 10 heteroatoms. The van der Waals surface area contributed by atoms with Crippen LogP contribution in [0.4, 0.5) is 16.3 Å². The molecule has 1 spiro atoms. The largest absolute Gasteiger partial charge is 0.358 e. The van der Waals surface area contributed by atoms with E-state index in [0.717, 1.165) is 22.5 Å². The van der Waals surface area contributed by atoms with Crippen molar-refractivity contribution in [3.63, 3.8) is 0 Å². The Morgan fingerprint density at radius 1 is 1.08 bits per heavy atom. The maximum absolute atomic E-state index is 13.5. The number of pyridine rings is 1. The van der Waals surface area contributed by atoms with Gasteiger partial charge in [0.05, 0.1) is 11.7 Å². The minimum Gasteiger partial charge on any atom is -0.358 e. The van der Waals surface area contributed by atoms with Gasteiger partial charge in [0.2, 0.25) is 5.56 Å². The molecule has 0 bridgehead atoms. The monoisotopic (exact) mass is 487 g/mol. The maximum Gasteiger partial charge on any atom is 0.319 e. The number of carbonyl (C=O) groups excluding carboxylic acids is 2. The quantitative estimate of drug-likeness (QED) is 0.442. The van der Waals surface area contributed by atoms with E-state index < -0.39 is 5.54 Å². The van der Waals surface area contributed by atoms with Crippen molar-refractivity contribution in [2.45, 2.75) is 44.2 Å². The number of piperidine rings is 1. The van der Waals surface area contributed by atoms with Crippen LogP contribution in [0, 0.1) is 0 Å². The van der Waals surface area contributed by atoms with Crippen LogP contribution in [0.5, 0.6) is 0 Å². The van der Waals surface area contributed by atoms with Crippen molar-refractivity contribution >= 4 is 23.4 Å². The fourth-order valence-electron chi connectivity index (χ4n) is 5.95. The van der Waals surface area contributed by atoms with Crippen LogP contribution >= 0.6 is 0 Å². The standard InChI is InChI=1S/C26H29N7O3/c1-25(2)15-33(14-17-13-27-31-22(17)25)23(35)16-11-20(29-21(34)12-16)32-9-7-26(8-10-32)18-5-3-4-6-19(18)28-24(36)30-26/h3-6,11-13H,7-10,14-15H2,1-2H3,(H,27,31)(H,29,34)(H2,28,30,36). The first kappa shape index (κ1) is 22.4. The molecule has 0 radical (unpaired) electrons. The second-order valence-electron chi connectivity index (χ2n) is 10.6. The van der Waals surface area contributed by atoms with E-state index in [1.165, 1.54) is 6.07 Å². The Morgan fingerprint density at radius 2 is 1.86 bits per heavy atom. The molecule has 0 atom stereocenters. The molecule has 1 saturated heterocycles. The molecular formula is C26H29N7O3. The number of aromatic amines is 2. The molecule has 1 fully saturated rings. The molecule has 5 heterocycles. The highest BCUT2D eigenvalue weighted by atomic mass is 16.2. The van der Waals surface area contributed by atoms with Crippen LogP contribution in [-0.2, 0) is 17.5 Å². The van der Waals surface area contributed by atoms with E-state index in [9.17, 15) is 14.4 Å². The molecule has 3 aliphatic rings. The Labute approximate surface area is 208 Å². The van der Waals surface area contributed by atoms with Gasteiger partial charge in [-0.2, -0.15) is 5.10 Å². The van der Waals surface area contributed by atoms with Gasteiger partial charge in [-0.25, -0.2) is 4.79 Å². The average Bonchev–Trinajstić information content (AvgIpc) is 3.33. The Morgan fingerprint density at radius 3 is 2.67 bits per heavy atom. The molecule has 1 aromatic carbocycles. The fraction of sp³-hybridized carbons (Fsp3) is 0.385. The Kier molecular flexibility index (Phi) is 4.96. The zero-order valence-corrected chi connectivity index (χ0v) is 20.4. The van der Waals surface area contributed by atoms with Crippen molar-refractivity contribution in [3.8, 4) is 0 Å². The molecule has 186 valence electrons. The van der Waals surface area contributed by atoms with Crippen LogP contribution in [0.3, 0.4) is 0 Å². The number of H-pyrrole nitrogens is 2. The summed E-state index contributed by atoms with van der Waals surface area (Å²) in [5.74, 6) is 0.449. The van der Waals surface area contributed by atoms with Gasteiger partial charge in [0.1, 0.15) is 5.82 Å². The van der Waals surface area contributed by atoms with E-state index in [2.05, 4.69) is 44.6 Å². The predicted molar refractivity (Wildman–Crippen MR) is 135 cm³/mol. The number of rotatable bonds is 2. The average molecular weight is 488 g/mol. The van der Waals surface area contributed by atoms with Gasteiger partial charge >= 0.3 is 6.03 Å². The summed E-state index contributed by atoms with van der Waals surface area (Å²) < 4.78 is 0. The lowest BCUT2D eigenvalue weighted by Gasteiger charge is -2.46. The Bertz CT molecular complexity index is 1410. The van der Waals surface area contributed by atoms with Gasteiger partial charge in [0.25, 0.3) is 5.91 Å². The normalized spacial score (nSPS) is 19.8. The van der Waals surface area contributed by atoms with Gasteiger partial charge in [0, 0.05) is 65.7 Å². The van der Waals surface area contributed by atoms with Crippen LogP contribution in [0.25, 0.3) is 0 Å². The summed E-state index contributed by atoms with van der Waals surface area (Å²) in [6, 6.07) is 10.8. The van der Waals surface area contributed by atoms with E-state index in [1.807, 2.05) is 24.3 Å². The highest BCUT2D eigenvalue weighted by Crippen LogP contribution is 2.40. The molecule has 2 aromatic heterocycles. The van der Waals surface area contributed by atoms with Crippen molar-refractivity contribution < 1.29 is 9.59 Å². The van der Waals surface area contributed by atoms with E-state index in [1.54, 1.807) is 17.2 Å². The first-order valence-electron chi connectivity index (χ1n) is 12.2. The van der Waals surface area contributed by atoms with Gasteiger partial charge in [0.15, 0.2) is 0 Å². The number of fused-ring (bicyclic) bond motifs is 3. The van der Waals surface area contributed by atoms with Crippen LogP contribution in [0.1, 0.15) is 53.9 Å². The zero-order chi connectivity index (χ0) is 25.1. The molecule has 10 nitrogen and oxygen atoms in total. The second kappa shape index (κ2) is 7.97. The van der Waals surface area contributed by atoms with Crippen molar-refractivity contribution in [1.29, 1.82) is 0 Å². The number of nitrogens with zero attached hydrogens (tertiary/aromatic N) is 3. The molecule has 3 amide bonds. The van der Waals surface area contributed by atoms with Gasteiger partial charge < -0.3 is 25.4 Å². The molecule has 0 unspecified atom stereocenters. The van der Waals surface area contributed by atoms with Crippen molar-refractivity contribution in [2.24, 2.45) is 0 Å². The number of hydrogen-bond acceptors (Lipinski definition) is 5. The minimum absolute atomic E-state index is 0.171. The molecule has 0 aliphatic carbocycles. The summed E-state index contributed by atoms with van der Waals surface area (Å²) >= 11 is 0. The number of amides is 3. The predicted octanol–water partition coefficient (Wildman–Crippen LogP) is 2.66. The first-order chi connectivity index (χ1) is 17.2. The van der Waals surface area contributed by atoms with E-state index in [-0.39, 0.29) is 22.9 Å². The summed E-state index contributed by atoms with van der Waals surface area (Å²) in [6.45, 7) is 6.38. The Balaban J connectivity index is 1.23. The molecule has 36 heavy (non-hydrogen) atoms. The van der Waals surface area contributed by atoms with Crippen LogP contribution in [0.15, 0.2) is 47.4 Å². The highest BCUT2D eigenvalue weighted by molar-refractivity contribution is 5.95. The van der Waals surface area contributed by atoms with E-state index in [0.29, 0.717) is 50.4 Å². The fourth-order valence-corrected chi connectivity index (χ4v) is 5.95. The molecule has 3 aliphatic heterocycles. The van der Waals surface area contributed by atoms with Crippen LogP contribution < -0.4 is 21.1 Å². The third-order valence-electron chi connectivity index (χ3n) is 7.71. The summed E-state index contributed by atoms with van der Waals surface area (Å²) in [5, 5.41) is 13.2. The number of carbonyl (C=O) groups is 2. The maximum atomic E-state index is 13.5. The molecule has 3 aromatic rings. The summed E-state index contributed by atoms with van der Waals surface area (Å²) in [6.07, 6.45) is 3.13. The Hall–Kier alpha value is -4.08. The molecule has 0 saturated carbocycles. The number of aromatic nitrogens is 3. The van der Waals surface area contributed by atoms with Crippen molar-refractivity contribution in [3.05, 3.63) is 75.3 Å². The number of anilines is 2. The zero-order valence-electron chi connectivity index (χ0n) is 20.4. The van der Waals surface area contributed by atoms with Crippen LogP contribution in [0.2, 0.25) is 0 Å². The van der Waals surface area contributed by atoms with E-state index >= 15 is 0 Å². The van der Waals surface area contributed by atoms with E-state index in [4.69, 9.17) is 0 Å². The number of benzene rings is 1. The van der Waals surface area contributed by atoms with Crippen LogP contribution in [-0.4, -0.2) is 51.7 Å². The van der Waals surface area contributed by atoms with Gasteiger partial charge in [-0.3, -0.25) is 14.7 Å². The lowest BCUT2D eigenvalue weighted by molar-refractivity contribution is 0.0684. The highest BCUT2D eigenvalue weighted by Gasteiger charge is 2.42. The number of urea groups is 1. The van der Waals surface area contributed by atoms with Crippen molar-refractivity contribution in [1.82, 2.24) is 25.4 Å². The minimum atomic E-state index is -0.454. The van der Waals surface area contributed by atoms with Crippen molar-refractivity contribution in [2.75, 3.05) is 29.9 Å². The smallest absolute Gasteiger partial charge is 0.319 e. The summed E-state index contributed by atoms with van der Waals surface area (Å²) in [4.78, 5) is 45.2. The topological polar surface area (TPSA) is 126 Å². The molecular weight excluding hydrogens is 458 g/mol. The number of nitrogens with one attached hydrogen (secondary N) is 4. The third-order valence-corrected chi connectivity index (χ3v) is 7.71.